The van der Waals surface area contributed by atoms with Crippen LogP contribution in [-0.4, -0.2) is 67.2 Å². The Bertz CT molecular complexity index is 261. The van der Waals surface area contributed by atoms with Crippen LogP contribution >= 0.6 is 0 Å². The molecule has 18 heavy (non-hydrogen) atoms. The Kier molecular flexibility index (Phi) is 6.05. The molecule has 0 aliphatic carbocycles. The molecule has 5 heteroatoms. The van der Waals surface area contributed by atoms with Crippen molar-refractivity contribution in [1.29, 1.82) is 0 Å². The van der Waals surface area contributed by atoms with Crippen molar-refractivity contribution in [3.63, 3.8) is 0 Å². The average molecular weight is 257 g/mol. The number of amides is 1. The largest absolute Gasteiger partial charge is 0.383 e. The number of ether oxygens (including phenoxy) is 1. The highest BCUT2D eigenvalue weighted by Gasteiger charge is 2.32. The van der Waals surface area contributed by atoms with E-state index in [1.54, 1.807) is 7.11 Å². The van der Waals surface area contributed by atoms with Crippen LogP contribution in [0.4, 0.5) is 0 Å². The molecule has 1 rings (SSSR count). The van der Waals surface area contributed by atoms with Crippen LogP contribution < -0.4 is 5.73 Å². The van der Waals surface area contributed by atoms with Gasteiger partial charge in [-0.25, -0.2) is 0 Å². The van der Waals surface area contributed by atoms with Gasteiger partial charge in [0.05, 0.1) is 12.6 Å². The van der Waals surface area contributed by atoms with Gasteiger partial charge in [0.15, 0.2) is 0 Å². The molecule has 1 aliphatic heterocycles. The Morgan fingerprint density at radius 3 is 2.39 bits per heavy atom. The molecule has 5 nitrogen and oxygen atoms in total. The number of hydrogen-bond donors (Lipinski definition) is 1. The van der Waals surface area contributed by atoms with Crippen molar-refractivity contribution in [2.45, 2.75) is 45.3 Å². The molecule has 0 bridgehead atoms. The summed E-state index contributed by atoms with van der Waals surface area (Å²) in [6, 6.07) is 0.365. The number of nitrogens with zero attached hydrogens (tertiary/aromatic N) is 2. The summed E-state index contributed by atoms with van der Waals surface area (Å²) in [5.74, 6) is 0.0857. The van der Waals surface area contributed by atoms with Gasteiger partial charge >= 0.3 is 0 Å². The van der Waals surface area contributed by atoms with E-state index in [4.69, 9.17) is 10.5 Å². The lowest BCUT2D eigenvalue weighted by molar-refractivity contribution is -0.137. The summed E-state index contributed by atoms with van der Waals surface area (Å²) in [5, 5.41) is 0. The van der Waals surface area contributed by atoms with E-state index < -0.39 is 0 Å². The summed E-state index contributed by atoms with van der Waals surface area (Å²) >= 11 is 0. The molecule has 3 unspecified atom stereocenters. The topological polar surface area (TPSA) is 58.8 Å². The standard InChI is InChI=1S/C13H27N3O2/c1-5-12(14)13(17)15-8-10(2)16(6-7-18-4)11(3)9-15/h10-12H,5-9,14H2,1-4H3. The van der Waals surface area contributed by atoms with Gasteiger partial charge in [0.1, 0.15) is 0 Å². The van der Waals surface area contributed by atoms with E-state index in [1.807, 2.05) is 11.8 Å². The molecule has 1 aliphatic rings. The minimum atomic E-state index is -0.352. The van der Waals surface area contributed by atoms with Crippen LogP contribution in [-0.2, 0) is 9.53 Å². The number of methoxy groups -OCH3 is 1. The molecule has 1 saturated heterocycles. The van der Waals surface area contributed by atoms with E-state index in [2.05, 4.69) is 18.7 Å². The van der Waals surface area contributed by atoms with E-state index >= 15 is 0 Å². The zero-order valence-corrected chi connectivity index (χ0v) is 12.1. The van der Waals surface area contributed by atoms with Crippen LogP contribution in [0.5, 0.6) is 0 Å². The van der Waals surface area contributed by atoms with Crippen LogP contribution in [0.25, 0.3) is 0 Å². The molecule has 0 aromatic rings. The fourth-order valence-electron chi connectivity index (χ4n) is 2.58. The van der Waals surface area contributed by atoms with Crippen molar-refractivity contribution < 1.29 is 9.53 Å². The molecular weight excluding hydrogens is 230 g/mol. The maximum atomic E-state index is 12.1. The maximum Gasteiger partial charge on any atom is 0.239 e. The van der Waals surface area contributed by atoms with E-state index in [0.717, 1.165) is 26.2 Å². The summed E-state index contributed by atoms with van der Waals surface area (Å²) in [6.07, 6.45) is 0.700. The summed E-state index contributed by atoms with van der Waals surface area (Å²) in [4.78, 5) is 16.4. The third-order valence-electron chi connectivity index (χ3n) is 3.72. The first-order chi connectivity index (χ1) is 8.51. The first-order valence-corrected chi connectivity index (χ1v) is 6.80. The van der Waals surface area contributed by atoms with Crippen LogP contribution in [0.2, 0.25) is 0 Å². The summed E-state index contributed by atoms with van der Waals surface area (Å²) in [6.45, 7) is 9.44. The van der Waals surface area contributed by atoms with Crippen LogP contribution in [0.3, 0.4) is 0 Å². The molecule has 1 heterocycles. The minimum absolute atomic E-state index is 0.0857. The molecule has 1 amide bonds. The van der Waals surface area contributed by atoms with Gasteiger partial charge in [-0.05, 0) is 20.3 Å². The Hall–Kier alpha value is -0.650. The van der Waals surface area contributed by atoms with Crippen molar-refractivity contribution in [2.75, 3.05) is 33.4 Å². The van der Waals surface area contributed by atoms with E-state index in [0.29, 0.717) is 18.5 Å². The zero-order chi connectivity index (χ0) is 13.7. The molecule has 2 N–H and O–H groups in total. The number of piperazine rings is 1. The second kappa shape index (κ2) is 7.07. The smallest absolute Gasteiger partial charge is 0.239 e. The molecule has 106 valence electrons. The van der Waals surface area contributed by atoms with Crippen molar-refractivity contribution in [3.05, 3.63) is 0 Å². The number of carbonyl (C=O) groups excluding carboxylic acids is 1. The summed E-state index contributed by atoms with van der Waals surface area (Å²) in [7, 11) is 1.72. The van der Waals surface area contributed by atoms with Gasteiger partial charge in [0.25, 0.3) is 0 Å². The average Bonchev–Trinajstić information content (AvgIpc) is 2.35. The van der Waals surface area contributed by atoms with Crippen molar-refractivity contribution in [2.24, 2.45) is 5.73 Å². The number of carbonyl (C=O) groups is 1. The lowest BCUT2D eigenvalue weighted by Crippen LogP contribution is -2.60. The Balaban J connectivity index is 2.58. The highest BCUT2D eigenvalue weighted by Crippen LogP contribution is 2.16. The van der Waals surface area contributed by atoms with Gasteiger partial charge in [-0.15, -0.1) is 0 Å². The number of hydrogen-bond acceptors (Lipinski definition) is 4. The fourth-order valence-corrected chi connectivity index (χ4v) is 2.58. The minimum Gasteiger partial charge on any atom is -0.383 e. The van der Waals surface area contributed by atoms with Gasteiger partial charge in [-0.2, -0.15) is 0 Å². The fraction of sp³-hybridized carbons (Fsp3) is 0.923. The Morgan fingerprint density at radius 2 is 1.94 bits per heavy atom. The molecule has 0 spiro atoms. The maximum absolute atomic E-state index is 12.1. The molecular formula is C13H27N3O2. The van der Waals surface area contributed by atoms with Crippen LogP contribution in [0.15, 0.2) is 0 Å². The first-order valence-electron chi connectivity index (χ1n) is 6.80. The molecule has 0 radical (unpaired) electrons. The van der Waals surface area contributed by atoms with Gasteiger partial charge < -0.3 is 15.4 Å². The van der Waals surface area contributed by atoms with Crippen molar-refractivity contribution >= 4 is 5.91 Å². The van der Waals surface area contributed by atoms with Crippen molar-refractivity contribution in [1.82, 2.24) is 9.80 Å². The highest BCUT2D eigenvalue weighted by molar-refractivity contribution is 5.81. The molecule has 0 saturated carbocycles. The number of rotatable bonds is 5. The number of nitrogens with two attached hydrogens (primary N) is 1. The van der Waals surface area contributed by atoms with E-state index in [-0.39, 0.29) is 11.9 Å². The lowest BCUT2D eigenvalue weighted by Gasteiger charge is -2.45. The van der Waals surface area contributed by atoms with Crippen LogP contribution in [0.1, 0.15) is 27.2 Å². The Morgan fingerprint density at radius 1 is 1.39 bits per heavy atom. The van der Waals surface area contributed by atoms with Crippen molar-refractivity contribution in [3.8, 4) is 0 Å². The van der Waals surface area contributed by atoms with E-state index in [1.165, 1.54) is 0 Å². The quantitative estimate of drug-likeness (QED) is 0.769. The zero-order valence-electron chi connectivity index (χ0n) is 12.1. The molecule has 0 aromatic carbocycles. The third kappa shape index (κ3) is 3.67. The predicted octanol–water partition coefficient (Wildman–Crippen LogP) is 0.291. The first kappa shape index (κ1) is 15.4. The highest BCUT2D eigenvalue weighted by atomic mass is 16.5. The SMILES string of the molecule is CCC(N)C(=O)N1CC(C)N(CCOC)C(C)C1. The summed E-state index contributed by atoms with van der Waals surface area (Å²) in [5.41, 5.74) is 5.83. The van der Waals surface area contributed by atoms with Gasteiger partial charge in [0.2, 0.25) is 5.91 Å². The van der Waals surface area contributed by atoms with Gasteiger partial charge in [-0.3, -0.25) is 9.69 Å². The molecule has 1 fully saturated rings. The third-order valence-corrected chi connectivity index (χ3v) is 3.72. The second-order valence-electron chi connectivity index (χ2n) is 5.19. The lowest BCUT2D eigenvalue weighted by atomic mass is 10.1. The second-order valence-corrected chi connectivity index (χ2v) is 5.19. The van der Waals surface area contributed by atoms with Gasteiger partial charge in [-0.1, -0.05) is 6.92 Å². The molecule has 3 atom stereocenters. The normalized spacial score (nSPS) is 27.3. The summed E-state index contributed by atoms with van der Waals surface area (Å²) < 4.78 is 5.13. The monoisotopic (exact) mass is 257 g/mol. The van der Waals surface area contributed by atoms with Gasteiger partial charge in [0, 0.05) is 38.8 Å². The van der Waals surface area contributed by atoms with Crippen LogP contribution in [0, 0.1) is 0 Å². The Labute approximate surface area is 110 Å². The molecule has 0 aromatic heterocycles. The van der Waals surface area contributed by atoms with E-state index in [9.17, 15) is 4.79 Å². The predicted molar refractivity (Wildman–Crippen MR) is 72.4 cm³/mol.